The van der Waals surface area contributed by atoms with Crippen LogP contribution in [0.15, 0.2) is 30.3 Å². The number of pyridine rings is 1. The van der Waals surface area contributed by atoms with Crippen LogP contribution < -0.4 is 9.47 Å². The SMILES string of the molecule is COc1ccc(-c2cc(C(F)(F)F)cc(Cl)n2)cc1OC. The first-order valence-corrected chi connectivity index (χ1v) is 6.20. The Bertz CT molecular complexity index is 659. The summed E-state index contributed by atoms with van der Waals surface area (Å²) in [7, 11) is 2.91. The van der Waals surface area contributed by atoms with E-state index in [4.69, 9.17) is 21.1 Å². The van der Waals surface area contributed by atoms with Crippen LogP contribution in [0.25, 0.3) is 11.3 Å². The minimum atomic E-state index is -4.49. The van der Waals surface area contributed by atoms with Crippen molar-refractivity contribution in [1.29, 1.82) is 0 Å². The number of rotatable bonds is 3. The molecule has 0 unspecified atom stereocenters. The number of halogens is 4. The minimum Gasteiger partial charge on any atom is -0.493 e. The van der Waals surface area contributed by atoms with Crippen molar-refractivity contribution in [3.8, 4) is 22.8 Å². The van der Waals surface area contributed by atoms with Gasteiger partial charge in [-0.15, -0.1) is 0 Å². The first-order valence-electron chi connectivity index (χ1n) is 5.82. The lowest BCUT2D eigenvalue weighted by molar-refractivity contribution is -0.137. The Morgan fingerprint density at radius 3 is 2.24 bits per heavy atom. The third-order valence-corrected chi connectivity index (χ3v) is 2.99. The number of nitrogens with zero attached hydrogens (tertiary/aromatic N) is 1. The van der Waals surface area contributed by atoms with Crippen molar-refractivity contribution < 1.29 is 22.6 Å². The molecule has 0 spiro atoms. The van der Waals surface area contributed by atoms with Gasteiger partial charge in [-0.25, -0.2) is 4.98 Å². The largest absolute Gasteiger partial charge is 0.493 e. The van der Waals surface area contributed by atoms with Crippen LogP contribution in [0, 0.1) is 0 Å². The van der Waals surface area contributed by atoms with Gasteiger partial charge in [0.2, 0.25) is 0 Å². The molecular weight excluding hydrogens is 307 g/mol. The summed E-state index contributed by atoms with van der Waals surface area (Å²) in [5.41, 5.74) is -0.302. The van der Waals surface area contributed by atoms with Crippen LogP contribution in [0.1, 0.15) is 5.56 Å². The van der Waals surface area contributed by atoms with Gasteiger partial charge in [0.05, 0.1) is 25.5 Å². The van der Waals surface area contributed by atoms with Gasteiger partial charge in [0.25, 0.3) is 0 Å². The Morgan fingerprint density at radius 1 is 1.00 bits per heavy atom. The highest BCUT2D eigenvalue weighted by atomic mass is 35.5. The van der Waals surface area contributed by atoms with Gasteiger partial charge >= 0.3 is 6.18 Å². The number of hydrogen-bond donors (Lipinski definition) is 0. The smallest absolute Gasteiger partial charge is 0.416 e. The normalized spacial score (nSPS) is 11.3. The standard InChI is InChI=1S/C14H11ClF3NO2/c1-20-11-4-3-8(5-12(11)21-2)10-6-9(14(16,17)18)7-13(15)19-10/h3-7H,1-2H3. The maximum atomic E-state index is 12.8. The van der Waals surface area contributed by atoms with Crippen molar-refractivity contribution in [1.82, 2.24) is 4.98 Å². The van der Waals surface area contributed by atoms with Gasteiger partial charge < -0.3 is 9.47 Å². The first kappa shape index (κ1) is 15.4. The summed E-state index contributed by atoms with van der Waals surface area (Å²) in [4.78, 5) is 3.92. The van der Waals surface area contributed by atoms with Crippen LogP contribution in [0.2, 0.25) is 5.15 Å². The lowest BCUT2D eigenvalue weighted by atomic mass is 10.1. The van der Waals surface area contributed by atoms with Gasteiger partial charge in [0, 0.05) is 5.56 Å². The van der Waals surface area contributed by atoms with Gasteiger partial charge in [-0.05, 0) is 30.3 Å². The lowest BCUT2D eigenvalue weighted by Gasteiger charge is -2.11. The topological polar surface area (TPSA) is 31.4 Å². The molecule has 0 amide bonds. The molecular formula is C14H11ClF3NO2. The third-order valence-electron chi connectivity index (χ3n) is 2.80. The molecule has 0 aliphatic rings. The summed E-state index contributed by atoms with van der Waals surface area (Å²) < 4.78 is 48.6. The molecule has 0 radical (unpaired) electrons. The van der Waals surface area contributed by atoms with E-state index in [1.165, 1.54) is 20.3 Å². The van der Waals surface area contributed by atoms with Crippen LogP contribution in [0.5, 0.6) is 11.5 Å². The fraction of sp³-hybridized carbons (Fsp3) is 0.214. The maximum absolute atomic E-state index is 12.8. The quantitative estimate of drug-likeness (QED) is 0.784. The van der Waals surface area contributed by atoms with Crippen LogP contribution in [-0.2, 0) is 6.18 Å². The average Bonchev–Trinajstić information content (AvgIpc) is 2.45. The van der Waals surface area contributed by atoms with Crippen molar-refractivity contribution in [2.75, 3.05) is 14.2 Å². The molecule has 2 rings (SSSR count). The number of methoxy groups -OCH3 is 2. The Kier molecular flexibility index (Phi) is 4.27. The lowest BCUT2D eigenvalue weighted by Crippen LogP contribution is -2.05. The Hall–Kier alpha value is -1.95. The van der Waals surface area contributed by atoms with Gasteiger partial charge in [0.15, 0.2) is 11.5 Å². The van der Waals surface area contributed by atoms with E-state index in [0.29, 0.717) is 17.1 Å². The van der Waals surface area contributed by atoms with Crippen LogP contribution in [-0.4, -0.2) is 19.2 Å². The Morgan fingerprint density at radius 2 is 1.67 bits per heavy atom. The summed E-state index contributed by atoms with van der Waals surface area (Å²) >= 11 is 5.67. The predicted molar refractivity (Wildman–Crippen MR) is 72.8 cm³/mol. The molecule has 1 heterocycles. The summed E-state index contributed by atoms with van der Waals surface area (Å²) in [6.45, 7) is 0. The summed E-state index contributed by atoms with van der Waals surface area (Å²) in [5.74, 6) is 0.865. The van der Waals surface area contributed by atoms with Gasteiger partial charge in [-0.1, -0.05) is 11.6 Å². The zero-order valence-corrected chi connectivity index (χ0v) is 11.9. The number of alkyl halides is 3. The molecule has 2 aromatic rings. The summed E-state index contributed by atoms with van der Waals surface area (Å²) in [6, 6.07) is 6.43. The van der Waals surface area contributed by atoms with E-state index in [-0.39, 0.29) is 10.8 Å². The van der Waals surface area contributed by atoms with E-state index in [9.17, 15) is 13.2 Å². The second-order valence-corrected chi connectivity index (χ2v) is 4.52. The zero-order valence-electron chi connectivity index (χ0n) is 11.2. The maximum Gasteiger partial charge on any atom is 0.416 e. The van der Waals surface area contributed by atoms with Gasteiger partial charge in [-0.3, -0.25) is 0 Å². The molecule has 0 bridgehead atoms. The van der Waals surface area contributed by atoms with Gasteiger partial charge in [-0.2, -0.15) is 13.2 Å². The minimum absolute atomic E-state index is 0.107. The molecule has 0 aliphatic heterocycles. The highest BCUT2D eigenvalue weighted by molar-refractivity contribution is 6.29. The second kappa shape index (κ2) is 5.81. The molecule has 112 valence electrons. The molecule has 0 atom stereocenters. The van der Waals surface area contributed by atoms with E-state index in [1.54, 1.807) is 12.1 Å². The number of aromatic nitrogens is 1. The molecule has 21 heavy (non-hydrogen) atoms. The van der Waals surface area contributed by atoms with Crippen molar-refractivity contribution >= 4 is 11.6 Å². The van der Waals surface area contributed by atoms with Crippen molar-refractivity contribution in [2.45, 2.75) is 6.18 Å². The zero-order chi connectivity index (χ0) is 15.6. The second-order valence-electron chi connectivity index (χ2n) is 4.13. The fourth-order valence-electron chi connectivity index (χ4n) is 1.80. The molecule has 1 aromatic carbocycles. The summed E-state index contributed by atoms with van der Waals surface area (Å²) in [5, 5.41) is -0.227. The number of ether oxygens (including phenoxy) is 2. The molecule has 1 aromatic heterocycles. The number of hydrogen-bond acceptors (Lipinski definition) is 3. The van der Waals surface area contributed by atoms with Crippen molar-refractivity contribution in [2.24, 2.45) is 0 Å². The highest BCUT2D eigenvalue weighted by Crippen LogP contribution is 2.35. The molecule has 7 heteroatoms. The van der Waals surface area contributed by atoms with E-state index in [2.05, 4.69) is 4.98 Å². The molecule has 0 aliphatic carbocycles. The predicted octanol–water partition coefficient (Wildman–Crippen LogP) is 4.44. The molecule has 0 N–H and O–H groups in total. The van der Waals surface area contributed by atoms with Crippen LogP contribution in [0.3, 0.4) is 0 Å². The van der Waals surface area contributed by atoms with E-state index >= 15 is 0 Å². The average molecular weight is 318 g/mol. The molecule has 0 fully saturated rings. The van der Waals surface area contributed by atoms with Crippen molar-refractivity contribution in [3.63, 3.8) is 0 Å². The van der Waals surface area contributed by atoms with Crippen molar-refractivity contribution in [3.05, 3.63) is 41.0 Å². The van der Waals surface area contributed by atoms with E-state index < -0.39 is 11.7 Å². The fourth-order valence-corrected chi connectivity index (χ4v) is 2.01. The Balaban J connectivity index is 2.54. The molecule has 0 saturated carbocycles. The van der Waals surface area contributed by atoms with Gasteiger partial charge in [0.1, 0.15) is 5.15 Å². The van der Waals surface area contributed by atoms with Crippen LogP contribution in [0.4, 0.5) is 13.2 Å². The number of benzene rings is 1. The third kappa shape index (κ3) is 3.39. The molecule has 3 nitrogen and oxygen atoms in total. The van der Waals surface area contributed by atoms with E-state index in [1.807, 2.05) is 0 Å². The van der Waals surface area contributed by atoms with Crippen LogP contribution >= 0.6 is 11.6 Å². The Labute approximate surface area is 124 Å². The monoisotopic (exact) mass is 317 g/mol. The highest BCUT2D eigenvalue weighted by Gasteiger charge is 2.31. The summed E-state index contributed by atoms with van der Waals surface area (Å²) in [6.07, 6.45) is -4.49. The molecule has 0 saturated heterocycles. The first-order chi connectivity index (χ1) is 9.85. The van der Waals surface area contributed by atoms with E-state index in [0.717, 1.165) is 12.1 Å².